The van der Waals surface area contributed by atoms with Gasteiger partial charge in [0.1, 0.15) is 18.2 Å². The Balaban J connectivity index is 1.37. The molecule has 4 aromatic carbocycles. The lowest BCUT2D eigenvalue weighted by molar-refractivity contribution is -0.128. The molecule has 0 fully saturated rings. The van der Waals surface area contributed by atoms with Crippen molar-refractivity contribution in [1.82, 2.24) is 0 Å². The summed E-state index contributed by atoms with van der Waals surface area (Å²) in [6.45, 7) is 0.0119. The first-order valence-electron chi connectivity index (χ1n) is 11.7. The number of nitrogens with one attached hydrogen (secondary N) is 1. The first-order chi connectivity index (χ1) is 19.2. The number of ether oxygens (including phenoxy) is 3. The summed E-state index contributed by atoms with van der Waals surface area (Å²) in [5, 5.41) is 3.47. The predicted octanol–water partition coefficient (Wildman–Crippen LogP) is 8.35. The normalized spacial score (nSPS) is 10.8. The van der Waals surface area contributed by atoms with Crippen molar-refractivity contribution in [1.29, 1.82) is 0 Å². The van der Waals surface area contributed by atoms with Crippen LogP contribution in [0.3, 0.4) is 0 Å². The molecule has 204 valence electrons. The Morgan fingerprint density at radius 2 is 1.75 bits per heavy atom. The molecule has 0 aromatic heterocycles. The van der Waals surface area contributed by atoms with Crippen LogP contribution in [0.5, 0.6) is 17.2 Å². The molecule has 0 unspecified atom stereocenters. The second kappa shape index (κ2) is 13.5. The lowest BCUT2D eigenvalue weighted by atomic mass is 10.2. The number of esters is 1. The smallest absolute Gasteiger partial charge is 0.336 e. The maximum Gasteiger partial charge on any atom is 0.336 e. The van der Waals surface area contributed by atoms with Crippen molar-refractivity contribution >= 4 is 62.8 Å². The van der Waals surface area contributed by atoms with Gasteiger partial charge in [0.05, 0.1) is 22.3 Å². The van der Waals surface area contributed by atoms with Gasteiger partial charge in [0, 0.05) is 22.2 Å². The number of carbonyl (C=O) groups excluding carboxylic acids is 2. The van der Waals surface area contributed by atoms with Crippen LogP contribution in [0.1, 0.15) is 21.5 Å². The van der Waals surface area contributed by atoms with Crippen molar-refractivity contribution in [3.05, 3.63) is 122 Å². The Labute approximate surface area is 248 Å². The van der Waals surface area contributed by atoms with Gasteiger partial charge in [0.15, 0.2) is 11.5 Å². The lowest BCUT2D eigenvalue weighted by Crippen LogP contribution is -2.12. The molecule has 0 atom stereocenters. The number of hydrogen-bond acceptors (Lipinski definition) is 5. The molecule has 10 heteroatoms. The Morgan fingerprint density at radius 1 is 1.00 bits per heavy atom. The van der Waals surface area contributed by atoms with E-state index < -0.39 is 11.9 Å². The maximum atomic E-state index is 13.9. The molecular formula is C30H21BrCl2FNO5. The van der Waals surface area contributed by atoms with E-state index >= 15 is 0 Å². The van der Waals surface area contributed by atoms with Crippen molar-refractivity contribution in [2.75, 3.05) is 12.4 Å². The van der Waals surface area contributed by atoms with Gasteiger partial charge in [-0.1, -0.05) is 41.4 Å². The third-order valence-electron chi connectivity index (χ3n) is 5.51. The summed E-state index contributed by atoms with van der Waals surface area (Å²) < 4.78 is 31.0. The maximum absolute atomic E-state index is 13.9. The number of anilines is 1. The Kier molecular flexibility index (Phi) is 9.82. The summed E-state index contributed by atoms with van der Waals surface area (Å²) in [6, 6.07) is 20.5. The molecule has 6 nitrogen and oxygen atoms in total. The molecule has 0 aliphatic carbocycles. The summed E-state index contributed by atoms with van der Waals surface area (Å²) in [4.78, 5) is 24.9. The third-order valence-corrected chi connectivity index (χ3v) is 6.66. The minimum Gasteiger partial charge on any atom is -0.493 e. The number of carbonyl (C=O) groups is 2. The van der Waals surface area contributed by atoms with E-state index in [0.29, 0.717) is 48.4 Å². The zero-order valence-corrected chi connectivity index (χ0v) is 24.0. The summed E-state index contributed by atoms with van der Waals surface area (Å²) in [7, 11) is 1.48. The van der Waals surface area contributed by atoms with Crippen LogP contribution in [0.2, 0.25) is 10.0 Å². The third kappa shape index (κ3) is 7.63. The SMILES string of the molecule is COc1cc(/C=C/C(=O)Oc2ccc(C(=O)Nc3cc(Cl)ccc3Cl)cc2)cc(Br)c1OCc1ccccc1F. The molecule has 0 bridgehead atoms. The van der Waals surface area contributed by atoms with Gasteiger partial charge in [-0.05, 0) is 88.2 Å². The van der Waals surface area contributed by atoms with Crippen LogP contribution in [0.15, 0.2) is 89.4 Å². The molecule has 0 radical (unpaired) electrons. The van der Waals surface area contributed by atoms with Crippen LogP contribution in [-0.4, -0.2) is 19.0 Å². The molecule has 40 heavy (non-hydrogen) atoms. The van der Waals surface area contributed by atoms with Gasteiger partial charge in [-0.3, -0.25) is 4.79 Å². The Bertz CT molecular complexity index is 1580. The van der Waals surface area contributed by atoms with Crippen molar-refractivity contribution in [3.8, 4) is 17.2 Å². The Morgan fingerprint density at radius 3 is 2.48 bits per heavy atom. The highest BCUT2D eigenvalue weighted by atomic mass is 79.9. The number of hydrogen-bond donors (Lipinski definition) is 1. The summed E-state index contributed by atoms with van der Waals surface area (Å²) >= 11 is 15.5. The molecule has 0 aliphatic rings. The lowest BCUT2D eigenvalue weighted by Gasteiger charge is -2.14. The van der Waals surface area contributed by atoms with Crippen LogP contribution in [-0.2, 0) is 11.4 Å². The van der Waals surface area contributed by atoms with E-state index in [1.165, 1.54) is 43.5 Å². The van der Waals surface area contributed by atoms with Crippen LogP contribution < -0.4 is 19.5 Å². The predicted molar refractivity (Wildman–Crippen MR) is 157 cm³/mol. The van der Waals surface area contributed by atoms with Gasteiger partial charge in [-0.15, -0.1) is 0 Å². The zero-order valence-electron chi connectivity index (χ0n) is 20.9. The molecule has 1 amide bonds. The van der Waals surface area contributed by atoms with E-state index in [9.17, 15) is 14.0 Å². The highest BCUT2D eigenvalue weighted by Gasteiger charge is 2.13. The fourth-order valence-electron chi connectivity index (χ4n) is 3.52. The molecule has 0 saturated heterocycles. The van der Waals surface area contributed by atoms with Crippen LogP contribution in [0, 0.1) is 5.82 Å². The second-order valence-corrected chi connectivity index (χ2v) is 9.97. The minimum absolute atomic E-state index is 0.0119. The average molecular weight is 645 g/mol. The second-order valence-electron chi connectivity index (χ2n) is 8.27. The highest BCUT2D eigenvalue weighted by Crippen LogP contribution is 2.37. The van der Waals surface area contributed by atoms with Gasteiger partial charge in [-0.25, -0.2) is 9.18 Å². The van der Waals surface area contributed by atoms with Crippen molar-refractivity contribution in [2.45, 2.75) is 6.61 Å². The monoisotopic (exact) mass is 643 g/mol. The molecule has 0 aliphatic heterocycles. The molecule has 1 N–H and O–H groups in total. The molecule has 4 rings (SSSR count). The quantitative estimate of drug-likeness (QED) is 0.113. The summed E-state index contributed by atoms with van der Waals surface area (Å²) in [6.07, 6.45) is 2.80. The van der Waals surface area contributed by atoms with Crippen LogP contribution in [0.25, 0.3) is 6.08 Å². The zero-order chi connectivity index (χ0) is 28.6. The molecule has 0 heterocycles. The van der Waals surface area contributed by atoms with Crippen molar-refractivity contribution < 1.29 is 28.2 Å². The molecule has 0 spiro atoms. The van der Waals surface area contributed by atoms with Crippen molar-refractivity contribution in [2.24, 2.45) is 0 Å². The molecular weight excluding hydrogens is 624 g/mol. The fraction of sp³-hybridized carbons (Fsp3) is 0.0667. The fourth-order valence-corrected chi connectivity index (χ4v) is 4.43. The van der Waals surface area contributed by atoms with Gasteiger partial charge < -0.3 is 19.5 Å². The number of rotatable bonds is 9. The first-order valence-corrected chi connectivity index (χ1v) is 13.3. The van der Waals surface area contributed by atoms with Gasteiger partial charge in [0.25, 0.3) is 5.91 Å². The number of methoxy groups -OCH3 is 1. The summed E-state index contributed by atoms with van der Waals surface area (Å²) in [5.74, 6) is -0.349. The molecule has 4 aromatic rings. The summed E-state index contributed by atoms with van der Waals surface area (Å²) in [5.41, 5.74) is 1.75. The number of halogens is 4. The van der Waals surface area contributed by atoms with Crippen LogP contribution in [0.4, 0.5) is 10.1 Å². The number of amides is 1. The van der Waals surface area contributed by atoms with Crippen LogP contribution >= 0.6 is 39.1 Å². The number of benzene rings is 4. The van der Waals surface area contributed by atoms with E-state index in [1.807, 2.05) is 0 Å². The van der Waals surface area contributed by atoms with E-state index in [-0.39, 0.29) is 18.2 Å². The topological polar surface area (TPSA) is 73.9 Å². The van der Waals surface area contributed by atoms with E-state index in [0.717, 1.165) is 0 Å². The largest absolute Gasteiger partial charge is 0.493 e. The van der Waals surface area contributed by atoms with Gasteiger partial charge in [0.2, 0.25) is 0 Å². The minimum atomic E-state index is -0.627. The Hall–Kier alpha value is -3.85. The first kappa shape index (κ1) is 29.1. The van der Waals surface area contributed by atoms with Gasteiger partial charge >= 0.3 is 5.97 Å². The average Bonchev–Trinajstić information content (AvgIpc) is 2.94. The molecule has 0 saturated carbocycles. The van der Waals surface area contributed by atoms with E-state index in [2.05, 4.69) is 21.2 Å². The van der Waals surface area contributed by atoms with Gasteiger partial charge in [-0.2, -0.15) is 0 Å². The highest BCUT2D eigenvalue weighted by molar-refractivity contribution is 9.10. The van der Waals surface area contributed by atoms with E-state index in [4.69, 9.17) is 37.4 Å². The standard InChI is InChI=1S/C30H21BrCl2FNO5/c1-38-27-15-18(14-23(31)29(27)39-17-20-4-2-3-5-25(20)34)6-13-28(36)40-22-10-7-19(8-11-22)30(37)35-26-16-21(32)9-12-24(26)33/h2-16H,17H2,1H3,(H,35,37)/b13-6+. The van der Waals surface area contributed by atoms with E-state index in [1.54, 1.807) is 54.6 Å². The van der Waals surface area contributed by atoms with Crippen molar-refractivity contribution in [3.63, 3.8) is 0 Å².